The van der Waals surface area contributed by atoms with Gasteiger partial charge in [-0.25, -0.2) is 9.55 Å². The number of aromatic amines is 1. The monoisotopic (exact) mass is 395 g/mol. The van der Waals surface area contributed by atoms with E-state index in [1.807, 2.05) is 0 Å². The number of anilines is 1. The number of imidazole rings is 1. The number of ether oxygens (including phenoxy) is 2. The van der Waals surface area contributed by atoms with E-state index in [0.717, 1.165) is 4.57 Å². The Morgan fingerprint density at radius 1 is 1.48 bits per heavy atom. The summed E-state index contributed by atoms with van der Waals surface area (Å²) in [7, 11) is -4.41. The summed E-state index contributed by atoms with van der Waals surface area (Å²) in [6.07, 6.45) is -3.16. The average Bonchev–Trinajstić information content (AvgIpc) is 3.02. The standard InChI is InChI=1S/C10H14N5O7P.2Na.2H/c11-10-14-7-6(12-2-13-7)8(17)15(10)5-1-4(16)9(22-5)21-3-23(18,19)20;;;;/h2,4-5,9,16H,1,3H2,(H2,11,14)(H,12,13)(H2,18,19,20);;;;/t4-,5+,9-;;;;/m0..../s1. The number of hydrogen-bond acceptors (Lipinski definition) is 8. The quantitative estimate of drug-likeness (QED) is 0.267. The fourth-order valence-electron chi connectivity index (χ4n) is 2.30. The van der Waals surface area contributed by atoms with Crippen molar-refractivity contribution in [1.29, 1.82) is 0 Å². The predicted octanol–water partition coefficient (Wildman–Crippen LogP) is -2.84. The van der Waals surface area contributed by atoms with Gasteiger partial charge in [-0.1, -0.05) is 0 Å². The van der Waals surface area contributed by atoms with E-state index >= 15 is 0 Å². The van der Waals surface area contributed by atoms with Crippen LogP contribution in [0.1, 0.15) is 12.6 Å². The Hall–Kier alpha value is 0.180. The summed E-state index contributed by atoms with van der Waals surface area (Å²) in [6, 6.07) is 0. The summed E-state index contributed by atoms with van der Waals surface area (Å²) >= 11 is 0. The van der Waals surface area contributed by atoms with Crippen molar-refractivity contribution < 1.29 is 28.9 Å². The van der Waals surface area contributed by atoms with Crippen LogP contribution in [-0.2, 0) is 14.0 Å². The van der Waals surface area contributed by atoms with E-state index in [0.29, 0.717) is 0 Å². The van der Waals surface area contributed by atoms with Crippen molar-refractivity contribution in [2.24, 2.45) is 0 Å². The molecule has 25 heavy (non-hydrogen) atoms. The zero-order chi connectivity index (χ0) is 16.8. The fraction of sp³-hybridized carbons (Fsp3) is 0.500. The first-order valence-corrected chi connectivity index (χ1v) is 8.27. The van der Waals surface area contributed by atoms with Crippen molar-refractivity contribution in [3.05, 3.63) is 16.7 Å². The summed E-state index contributed by atoms with van der Waals surface area (Å²) in [5.41, 5.74) is 5.44. The molecule has 3 rings (SSSR count). The Balaban J connectivity index is 0.00000156. The van der Waals surface area contributed by atoms with Crippen LogP contribution < -0.4 is 11.3 Å². The van der Waals surface area contributed by atoms with E-state index in [2.05, 4.69) is 15.0 Å². The zero-order valence-corrected chi connectivity index (χ0v) is 12.5. The van der Waals surface area contributed by atoms with Gasteiger partial charge >= 0.3 is 66.7 Å². The molecule has 0 spiro atoms. The van der Waals surface area contributed by atoms with Gasteiger partial charge in [0.25, 0.3) is 5.56 Å². The molecule has 0 unspecified atom stereocenters. The molecule has 1 saturated heterocycles. The molecule has 0 saturated carbocycles. The summed E-state index contributed by atoms with van der Waals surface area (Å²) < 4.78 is 22.0. The Morgan fingerprint density at radius 3 is 2.80 bits per heavy atom. The van der Waals surface area contributed by atoms with Crippen molar-refractivity contribution in [1.82, 2.24) is 19.5 Å². The minimum atomic E-state index is -4.41. The number of nitrogens with two attached hydrogens (primary N) is 1. The maximum absolute atomic E-state index is 12.4. The third kappa shape index (κ3) is 5.12. The van der Waals surface area contributed by atoms with Gasteiger partial charge in [-0.15, -0.1) is 0 Å². The van der Waals surface area contributed by atoms with Crippen molar-refractivity contribution in [3.8, 4) is 0 Å². The molecule has 1 fully saturated rings. The van der Waals surface area contributed by atoms with Crippen molar-refractivity contribution in [3.63, 3.8) is 0 Å². The first-order chi connectivity index (χ1) is 10.8. The number of aliphatic hydroxyl groups is 1. The summed E-state index contributed by atoms with van der Waals surface area (Å²) in [5.74, 6) is -0.153. The molecule has 0 bridgehead atoms. The van der Waals surface area contributed by atoms with Crippen molar-refractivity contribution in [2.75, 3.05) is 12.1 Å². The van der Waals surface area contributed by atoms with Gasteiger partial charge in [-0.3, -0.25) is 9.36 Å². The van der Waals surface area contributed by atoms with Gasteiger partial charge in [0.15, 0.2) is 23.8 Å². The summed E-state index contributed by atoms with van der Waals surface area (Å²) in [4.78, 5) is 40.4. The number of hydrogen-bond donors (Lipinski definition) is 5. The van der Waals surface area contributed by atoms with Crippen LogP contribution in [0.2, 0.25) is 0 Å². The molecule has 2 aromatic rings. The second-order valence-corrected chi connectivity index (χ2v) is 6.56. The fourth-order valence-corrected chi connectivity index (χ4v) is 2.64. The first kappa shape index (κ1) is 23.2. The zero-order valence-electron chi connectivity index (χ0n) is 11.6. The second kappa shape index (κ2) is 8.91. The molecule has 15 heteroatoms. The van der Waals surface area contributed by atoms with Gasteiger partial charge in [0.2, 0.25) is 5.95 Å². The molecule has 1 aliphatic heterocycles. The number of rotatable bonds is 4. The molecule has 0 radical (unpaired) electrons. The van der Waals surface area contributed by atoms with E-state index in [4.69, 9.17) is 25.0 Å². The van der Waals surface area contributed by atoms with Crippen molar-refractivity contribution in [2.45, 2.75) is 25.0 Å². The molecule has 3 heterocycles. The third-order valence-electron chi connectivity index (χ3n) is 3.26. The van der Waals surface area contributed by atoms with Crippen molar-refractivity contribution >= 4 is 83.8 Å². The topological polar surface area (TPSA) is 186 Å². The number of nitrogens with one attached hydrogen (secondary N) is 1. The van der Waals surface area contributed by atoms with Crippen LogP contribution in [0.3, 0.4) is 0 Å². The number of aliphatic hydroxyl groups excluding tert-OH is 1. The molecule has 1 aliphatic rings. The van der Waals surface area contributed by atoms with E-state index in [1.54, 1.807) is 0 Å². The average molecular weight is 395 g/mol. The Morgan fingerprint density at radius 2 is 2.16 bits per heavy atom. The molecule has 130 valence electrons. The van der Waals surface area contributed by atoms with Gasteiger partial charge in [0, 0.05) is 6.42 Å². The van der Waals surface area contributed by atoms with E-state index in [-0.39, 0.29) is 82.6 Å². The van der Waals surface area contributed by atoms with Gasteiger partial charge in [0.05, 0.1) is 6.33 Å². The maximum atomic E-state index is 12.4. The molecular weight excluding hydrogens is 379 g/mol. The minimum absolute atomic E-state index is 0. The summed E-state index contributed by atoms with van der Waals surface area (Å²) in [5, 5.41) is 9.87. The number of aromatic nitrogens is 4. The van der Waals surface area contributed by atoms with Crippen LogP contribution in [0.5, 0.6) is 0 Å². The number of H-pyrrole nitrogens is 1. The Kier molecular flexibility index (Phi) is 8.28. The number of nitrogen functional groups attached to an aromatic ring is 1. The Bertz CT molecular complexity index is 839. The van der Waals surface area contributed by atoms with Crippen LogP contribution in [0, 0.1) is 0 Å². The third-order valence-corrected chi connectivity index (χ3v) is 3.74. The molecule has 12 nitrogen and oxygen atoms in total. The van der Waals surface area contributed by atoms with Crippen LogP contribution in [0.4, 0.5) is 5.95 Å². The van der Waals surface area contributed by atoms with Gasteiger partial charge in [-0.2, -0.15) is 4.98 Å². The normalized spacial score (nSPS) is 23.2. The van der Waals surface area contributed by atoms with E-state index in [1.165, 1.54) is 6.33 Å². The predicted molar refractivity (Wildman–Crippen MR) is 89.4 cm³/mol. The van der Waals surface area contributed by atoms with Crippen LogP contribution in [0.15, 0.2) is 11.1 Å². The number of nitrogens with zero attached hydrogens (tertiary/aromatic N) is 3. The molecular formula is C10H16N5Na2O7P. The SMILES string of the molecule is Nc1nc2[nH]cnc2c(=O)n1[C@H]1C[C@H](O)[C@@H](OCP(=O)(O)O)O1.[NaH].[NaH]. The van der Waals surface area contributed by atoms with Crippen LogP contribution in [0.25, 0.3) is 11.2 Å². The van der Waals surface area contributed by atoms with Crippen LogP contribution >= 0.6 is 7.60 Å². The Labute approximate surface area is 184 Å². The molecule has 2 aromatic heterocycles. The second-order valence-electron chi connectivity index (χ2n) is 4.97. The molecule has 3 atom stereocenters. The van der Waals surface area contributed by atoms with Crippen LogP contribution in [-0.4, -0.2) is 112 Å². The summed E-state index contributed by atoms with van der Waals surface area (Å²) in [6.45, 7) is 0. The van der Waals surface area contributed by atoms with Gasteiger partial charge in [-0.05, 0) is 0 Å². The molecule has 6 N–H and O–H groups in total. The van der Waals surface area contributed by atoms with E-state index in [9.17, 15) is 14.5 Å². The van der Waals surface area contributed by atoms with Gasteiger partial charge < -0.3 is 35.1 Å². The number of fused-ring (bicyclic) bond motifs is 1. The molecule has 0 aliphatic carbocycles. The van der Waals surface area contributed by atoms with E-state index < -0.39 is 38.1 Å². The molecule has 0 amide bonds. The molecule has 0 aromatic carbocycles. The van der Waals surface area contributed by atoms with Gasteiger partial charge in [0.1, 0.15) is 12.3 Å². The first-order valence-electron chi connectivity index (χ1n) is 6.47.